The molecule has 2 aromatic heterocycles. The number of aromatic nitrogens is 4. The van der Waals surface area contributed by atoms with Gasteiger partial charge in [0.2, 0.25) is 0 Å². The van der Waals surface area contributed by atoms with Crippen molar-refractivity contribution in [2.24, 2.45) is 0 Å². The smallest absolute Gasteiger partial charge is 0.358 e. The second-order valence-corrected chi connectivity index (χ2v) is 4.87. The van der Waals surface area contributed by atoms with Crippen LogP contribution in [0.25, 0.3) is 0 Å². The van der Waals surface area contributed by atoms with Crippen molar-refractivity contribution in [2.75, 3.05) is 0 Å². The van der Waals surface area contributed by atoms with Gasteiger partial charge in [-0.2, -0.15) is 0 Å². The molecular formula is C10H12N4O2S. The Morgan fingerprint density at radius 2 is 2.35 bits per heavy atom. The summed E-state index contributed by atoms with van der Waals surface area (Å²) in [6, 6.07) is 0. The van der Waals surface area contributed by atoms with E-state index in [0.717, 1.165) is 9.88 Å². The van der Waals surface area contributed by atoms with Crippen LogP contribution in [0.4, 0.5) is 0 Å². The molecule has 0 radical (unpaired) electrons. The number of aromatic carboxylic acids is 1. The third-order valence-electron chi connectivity index (χ3n) is 2.35. The first-order valence-electron chi connectivity index (χ1n) is 5.18. The van der Waals surface area contributed by atoms with Gasteiger partial charge in [0, 0.05) is 11.1 Å². The Hall–Kier alpha value is -1.76. The second-order valence-electron chi connectivity index (χ2n) is 3.55. The third-order valence-corrected chi connectivity index (χ3v) is 3.25. The summed E-state index contributed by atoms with van der Waals surface area (Å²) in [6.07, 6.45) is 2.37. The molecular weight excluding hydrogens is 240 g/mol. The average Bonchev–Trinajstić information content (AvgIpc) is 2.85. The molecule has 2 aromatic rings. The van der Waals surface area contributed by atoms with Gasteiger partial charge in [0.25, 0.3) is 0 Å². The van der Waals surface area contributed by atoms with Crippen molar-refractivity contribution in [3.63, 3.8) is 0 Å². The van der Waals surface area contributed by atoms with Crippen LogP contribution in [0.15, 0.2) is 6.20 Å². The van der Waals surface area contributed by atoms with Crippen LogP contribution in [0.1, 0.15) is 33.0 Å². The Morgan fingerprint density at radius 3 is 2.88 bits per heavy atom. The molecule has 0 spiro atoms. The molecule has 1 N–H and O–H groups in total. The summed E-state index contributed by atoms with van der Waals surface area (Å²) in [4.78, 5) is 16.1. The van der Waals surface area contributed by atoms with Gasteiger partial charge in [-0.15, -0.1) is 16.4 Å². The van der Waals surface area contributed by atoms with Crippen LogP contribution in [0.2, 0.25) is 0 Å². The SMILES string of the molecule is CCc1c(C(=O)O)nnn1Cc1cnc(C)s1. The molecule has 2 rings (SSSR count). The van der Waals surface area contributed by atoms with E-state index < -0.39 is 5.97 Å². The van der Waals surface area contributed by atoms with Gasteiger partial charge in [0.15, 0.2) is 5.69 Å². The number of carbonyl (C=O) groups is 1. The molecule has 0 bridgehead atoms. The van der Waals surface area contributed by atoms with Crippen LogP contribution in [-0.2, 0) is 13.0 Å². The number of thiazole rings is 1. The molecule has 0 fully saturated rings. The molecule has 90 valence electrons. The maximum absolute atomic E-state index is 10.9. The Bertz CT molecular complexity index is 546. The first kappa shape index (κ1) is 11.7. The first-order chi connectivity index (χ1) is 8.11. The fourth-order valence-electron chi connectivity index (χ4n) is 1.60. The predicted molar refractivity (Wildman–Crippen MR) is 62.3 cm³/mol. The lowest BCUT2D eigenvalue weighted by Gasteiger charge is -2.02. The van der Waals surface area contributed by atoms with E-state index in [9.17, 15) is 4.79 Å². The zero-order valence-corrected chi connectivity index (χ0v) is 10.4. The highest BCUT2D eigenvalue weighted by Crippen LogP contribution is 2.15. The highest BCUT2D eigenvalue weighted by atomic mass is 32.1. The number of hydrogen-bond acceptors (Lipinski definition) is 5. The van der Waals surface area contributed by atoms with Crippen molar-refractivity contribution in [1.29, 1.82) is 0 Å². The summed E-state index contributed by atoms with van der Waals surface area (Å²) >= 11 is 1.57. The number of aryl methyl sites for hydroxylation is 1. The fourth-order valence-corrected chi connectivity index (χ4v) is 2.38. The molecule has 7 heteroatoms. The summed E-state index contributed by atoms with van der Waals surface area (Å²) < 4.78 is 1.62. The molecule has 17 heavy (non-hydrogen) atoms. The van der Waals surface area contributed by atoms with Gasteiger partial charge in [0.05, 0.1) is 17.2 Å². The summed E-state index contributed by atoms with van der Waals surface area (Å²) in [7, 11) is 0. The van der Waals surface area contributed by atoms with E-state index in [0.29, 0.717) is 18.7 Å². The van der Waals surface area contributed by atoms with Gasteiger partial charge in [-0.3, -0.25) is 0 Å². The summed E-state index contributed by atoms with van der Waals surface area (Å²) in [6.45, 7) is 4.34. The zero-order chi connectivity index (χ0) is 12.4. The van der Waals surface area contributed by atoms with Crippen molar-refractivity contribution in [3.05, 3.63) is 27.5 Å². The Morgan fingerprint density at radius 1 is 1.59 bits per heavy atom. The number of rotatable bonds is 4. The van der Waals surface area contributed by atoms with Crippen LogP contribution >= 0.6 is 11.3 Å². The Balaban J connectivity index is 2.30. The van der Waals surface area contributed by atoms with Crippen LogP contribution < -0.4 is 0 Å². The van der Waals surface area contributed by atoms with Gasteiger partial charge in [-0.25, -0.2) is 14.5 Å². The summed E-state index contributed by atoms with van der Waals surface area (Å²) in [5.74, 6) is -1.03. The van der Waals surface area contributed by atoms with Crippen LogP contribution in [0, 0.1) is 6.92 Å². The number of hydrogen-bond donors (Lipinski definition) is 1. The Kier molecular flexibility index (Phi) is 3.19. The van der Waals surface area contributed by atoms with Gasteiger partial charge >= 0.3 is 5.97 Å². The fraction of sp³-hybridized carbons (Fsp3) is 0.400. The summed E-state index contributed by atoms with van der Waals surface area (Å²) in [5, 5.41) is 17.5. The number of carboxylic acid groups (broad SMARTS) is 1. The lowest BCUT2D eigenvalue weighted by Crippen LogP contribution is -2.07. The van der Waals surface area contributed by atoms with E-state index in [1.807, 2.05) is 13.8 Å². The molecule has 0 saturated carbocycles. The van der Waals surface area contributed by atoms with Crippen molar-refractivity contribution in [1.82, 2.24) is 20.0 Å². The average molecular weight is 252 g/mol. The van der Waals surface area contributed by atoms with Crippen molar-refractivity contribution >= 4 is 17.3 Å². The second kappa shape index (κ2) is 4.62. The van der Waals surface area contributed by atoms with Crippen molar-refractivity contribution < 1.29 is 9.90 Å². The van der Waals surface area contributed by atoms with E-state index in [-0.39, 0.29) is 5.69 Å². The lowest BCUT2D eigenvalue weighted by atomic mass is 10.2. The van der Waals surface area contributed by atoms with E-state index in [2.05, 4.69) is 15.3 Å². The highest BCUT2D eigenvalue weighted by molar-refractivity contribution is 7.11. The van der Waals surface area contributed by atoms with Gasteiger partial charge in [0.1, 0.15) is 0 Å². The predicted octanol–water partition coefficient (Wildman–Crippen LogP) is 1.35. The van der Waals surface area contributed by atoms with E-state index in [4.69, 9.17) is 5.11 Å². The number of nitrogens with zero attached hydrogens (tertiary/aromatic N) is 4. The number of carboxylic acids is 1. The van der Waals surface area contributed by atoms with E-state index in [1.54, 1.807) is 22.2 Å². The molecule has 6 nitrogen and oxygen atoms in total. The first-order valence-corrected chi connectivity index (χ1v) is 6.00. The topological polar surface area (TPSA) is 80.9 Å². The maximum atomic E-state index is 10.9. The molecule has 0 atom stereocenters. The van der Waals surface area contributed by atoms with Crippen molar-refractivity contribution in [3.8, 4) is 0 Å². The minimum absolute atomic E-state index is 0.0359. The monoisotopic (exact) mass is 252 g/mol. The van der Waals surface area contributed by atoms with Crippen LogP contribution in [0.5, 0.6) is 0 Å². The van der Waals surface area contributed by atoms with Crippen LogP contribution in [-0.4, -0.2) is 31.1 Å². The van der Waals surface area contributed by atoms with Gasteiger partial charge < -0.3 is 5.11 Å². The molecule has 0 unspecified atom stereocenters. The van der Waals surface area contributed by atoms with Crippen LogP contribution in [0.3, 0.4) is 0 Å². The molecule has 0 aliphatic heterocycles. The van der Waals surface area contributed by atoms with E-state index >= 15 is 0 Å². The lowest BCUT2D eigenvalue weighted by molar-refractivity contribution is 0.0689. The molecule has 0 aliphatic carbocycles. The standard InChI is InChI=1S/C10H12N4O2S/c1-3-8-9(10(15)16)12-13-14(8)5-7-4-11-6(2)17-7/h4H,3,5H2,1-2H3,(H,15,16). The van der Waals surface area contributed by atoms with E-state index in [1.165, 1.54) is 0 Å². The maximum Gasteiger partial charge on any atom is 0.358 e. The highest BCUT2D eigenvalue weighted by Gasteiger charge is 2.17. The normalized spacial score (nSPS) is 10.7. The van der Waals surface area contributed by atoms with Gasteiger partial charge in [-0.1, -0.05) is 12.1 Å². The summed E-state index contributed by atoms with van der Waals surface area (Å²) in [5.41, 5.74) is 0.678. The Labute approximate surface area is 102 Å². The largest absolute Gasteiger partial charge is 0.476 e. The van der Waals surface area contributed by atoms with Gasteiger partial charge in [-0.05, 0) is 13.3 Å². The minimum Gasteiger partial charge on any atom is -0.476 e. The molecule has 0 saturated heterocycles. The molecule has 0 aromatic carbocycles. The quantitative estimate of drug-likeness (QED) is 0.888. The molecule has 0 amide bonds. The molecule has 0 aliphatic rings. The minimum atomic E-state index is -1.03. The molecule has 2 heterocycles. The third kappa shape index (κ3) is 2.33. The zero-order valence-electron chi connectivity index (χ0n) is 9.54. The van der Waals surface area contributed by atoms with Crippen molar-refractivity contribution in [2.45, 2.75) is 26.8 Å².